The molecule has 0 bridgehead atoms. The first-order chi connectivity index (χ1) is 7.61. The maximum atomic E-state index is 13.4. The summed E-state index contributed by atoms with van der Waals surface area (Å²) in [5.74, 6) is -1.47. The Labute approximate surface area is 94.4 Å². The van der Waals surface area contributed by atoms with Gasteiger partial charge in [-0.3, -0.25) is 4.79 Å². The Morgan fingerprint density at radius 2 is 2.00 bits per heavy atom. The monoisotopic (exact) mass is 242 g/mol. The summed E-state index contributed by atoms with van der Waals surface area (Å²) >= 11 is 5.69. The van der Waals surface area contributed by atoms with Crippen LogP contribution in [0.3, 0.4) is 0 Å². The number of rotatable bonds is 2. The maximum Gasteiger partial charge on any atom is 0.185 e. The topological polar surface area (TPSA) is 30.2 Å². The van der Waals surface area contributed by atoms with Crippen LogP contribution in [0.25, 0.3) is 11.3 Å². The van der Waals surface area contributed by atoms with Crippen molar-refractivity contribution in [3.8, 4) is 11.3 Å². The van der Waals surface area contributed by atoms with Crippen molar-refractivity contribution < 1.29 is 18.0 Å². The quantitative estimate of drug-likeness (QED) is 0.752. The van der Waals surface area contributed by atoms with Crippen molar-refractivity contribution in [3.05, 3.63) is 46.7 Å². The van der Waals surface area contributed by atoms with Crippen LogP contribution in [0.1, 0.15) is 10.6 Å². The molecule has 0 spiro atoms. The maximum absolute atomic E-state index is 13.4. The summed E-state index contributed by atoms with van der Waals surface area (Å²) in [5.41, 5.74) is -0.0591. The second kappa shape index (κ2) is 4.06. The fraction of sp³-hybridized carbons (Fsp3) is 0. The van der Waals surface area contributed by atoms with Crippen LogP contribution in [-0.4, -0.2) is 6.29 Å². The molecule has 0 atom stereocenters. The van der Waals surface area contributed by atoms with Crippen molar-refractivity contribution >= 4 is 17.9 Å². The van der Waals surface area contributed by atoms with Crippen LogP contribution in [0.4, 0.5) is 8.78 Å². The first-order valence-corrected chi connectivity index (χ1v) is 4.69. The highest BCUT2D eigenvalue weighted by molar-refractivity contribution is 6.33. The van der Waals surface area contributed by atoms with E-state index in [1.807, 2.05) is 0 Å². The van der Waals surface area contributed by atoms with E-state index in [-0.39, 0.29) is 22.1 Å². The molecule has 5 heteroatoms. The first kappa shape index (κ1) is 10.8. The van der Waals surface area contributed by atoms with Crippen molar-refractivity contribution in [2.45, 2.75) is 0 Å². The van der Waals surface area contributed by atoms with Gasteiger partial charge >= 0.3 is 0 Å². The van der Waals surface area contributed by atoms with Gasteiger partial charge in [0.25, 0.3) is 0 Å². The third-order valence-corrected chi connectivity index (χ3v) is 2.29. The minimum Gasteiger partial charge on any atom is -0.453 e. The molecular formula is C11H5ClF2O2. The van der Waals surface area contributed by atoms with Crippen LogP contribution < -0.4 is 0 Å². The largest absolute Gasteiger partial charge is 0.453 e. The summed E-state index contributed by atoms with van der Waals surface area (Å²) in [6.45, 7) is 0. The van der Waals surface area contributed by atoms with E-state index in [9.17, 15) is 13.6 Å². The first-order valence-electron chi connectivity index (χ1n) is 4.31. The molecule has 0 aliphatic heterocycles. The van der Waals surface area contributed by atoms with Crippen molar-refractivity contribution in [2.24, 2.45) is 0 Å². The van der Waals surface area contributed by atoms with E-state index in [1.54, 1.807) is 0 Å². The van der Waals surface area contributed by atoms with Crippen molar-refractivity contribution in [1.82, 2.24) is 0 Å². The Morgan fingerprint density at radius 1 is 1.25 bits per heavy atom. The van der Waals surface area contributed by atoms with E-state index in [0.717, 1.165) is 6.07 Å². The fourth-order valence-electron chi connectivity index (χ4n) is 1.33. The van der Waals surface area contributed by atoms with Gasteiger partial charge in [-0.1, -0.05) is 11.6 Å². The molecule has 0 radical (unpaired) electrons. The molecule has 82 valence electrons. The predicted octanol–water partition coefficient (Wildman–Crippen LogP) is 3.69. The number of carbonyl (C=O) groups is 1. The molecule has 0 N–H and O–H groups in total. The molecule has 0 saturated carbocycles. The molecule has 0 amide bonds. The van der Waals surface area contributed by atoms with E-state index in [1.165, 1.54) is 12.1 Å². The number of furan rings is 1. The van der Waals surface area contributed by atoms with Crippen LogP contribution in [0.2, 0.25) is 5.02 Å². The Hall–Kier alpha value is -1.68. The number of benzene rings is 1. The Morgan fingerprint density at radius 3 is 2.56 bits per heavy atom. The van der Waals surface area contributed by atoms with Crippen LogP contribution in [0.15, 0.2) is 28.7 Å². The van der Waals surface area contributed by atoms with Gasteiger partial charge in [-0.2, -0.15) is 0 Å². The number of hydrogen-bond donors (Lipinski definition) is 0. The molecule has 2 aromatic rings. The lowest BCUT2D eigenvalue weighted by molar-refractivity contribution is 0.110. The predicted molar refractivity (Wildman–Crippen MR) is 54.5 cm³/mol. The standard InChI is InChI=1S/C11H5ClF2O2/c12-8-3-6(13)4-9(14)11(8)10-2-1-7(5-15)16-10/h1-5H. The zero-order valence-corrected chi connectivity index (χ0v) is 8.59. The smallest absolute Gasteiger partial charge is 0.185 e. The normalized spacial score (nSPS) is 10.4. The van der Waals surface area contributed by atoms with Gasteiger partial charge in [0.1, 0.15) is 17.4 Å². The van der Waals surface area contributed by atoms with Gasteiger partial charge in [0.05, 0.1) is 10.6 Å². The summed E-state index contributed by atoms with van der Waals surface area (Å²) in [5, 5.41) is -0.107. The molecule has 2 nitrogen and oxygen atoms in total. The van der Waals surface area contributed by atoms with Crippen molar-refractivity contribution in [2.75, 3.05) is 0 Å². The highest BCUT2D eigenvalue weighted by Crippen LogP contribution is 2.32. The fourth-order valence-corrected chi connectivity index (χ4v) is 1.62. The van der Waals surface area contributed by atoms with Gasteiger partial charge in [0.2, 0.25) is 0 Å². The lowest BCUT2D eigenvalue weighted by atomic mass is 10.1. The summed E-state index contributed by atoms with van der Waals surface area (Å²) in [6.07, 6.45) is 0.485. The molecule has 0 fully saturated rings. The summed E-state index contributed by atoms with van der Waals surface area (Å²) in [4.78, 5) is 10.4. The SMILES string of the molecule is O=Cc1ccc(-c2c(F)cc(F)cc2Cl)o1. The zero-order valence-electron chi connectivity index (χ0n) is 7.84. The minimum absolute atomic E-state index is 0.0507. The van der Waals surface area contributed by atoms with E-state index in [2.05, 4.69) is 0 Å². The Kier molecular flexibility index (Phi) is 2.75. The lowest BCUT2D eigenvalue weighted by Crippen LogP contribution is -1.87. The van der Waals surface area contributed by atoms with E-state index >= 15 is 0 Å². The van der Waals surface area contributed by atoms with Gasteiger partial charge < -0.3 is 4.42 Å². The summed E-state index contributed by atoms with van der Waals surface area (Å²) in [6, 6.07) is 4.45. The summed E-state index contributed by atoms with van der Waals surface area (Å²) in [7, 11) is 0. The molecule has 16 heavy (non-hydrogen) atoms. The van der Waals surface area contributed by atoms with Gasteiger partial charge in [-0.15, -0.1) is 0 Å². The van der Waals surface area contributed by atoms with Crippen LogP contribution in [-0.2, 0) is 0 Å². The van der Waals surface area contributed by atoms with Gasteiger partial charge in [-0.05, 0) is 18.2 Å². The zero-order chi connectivity index (χ0) is 11.7. The molecule has 0 saturated heterocycles. The van der Waals surface area contributed by atoms with Gasteiger partial charge in [-0.25, -0.2) is 8.78 Å². The average molecular weight is 243 g/mol. The highest BCUT2D eigenvalue weighted by atomic mass is 35.5. The second-order valence-corrected chi connectivity index (χ2v) is 3.47. The van der Waals surface area contributed by atoms with E-state index in [4.69, 9.17) is 16.0 Å². The van der Waals surface area contributed by atoms with Crippen molar-refractivity contribution in [3.63, 3.8) is 0 Å². The molecule has 0 aliphatic carbocycles. The molecule has 1 heterocycles. The molecule has 0 aliphatic rings. The van der Waals surface area contributed by atoms with Crippen LogP contribution in [0, 0.1) is 11.6 Å². The highest BCUT2D eigenvalue weighted by Gasteiger charge is 2.15. The second-order valence-electron chi connectivity index (χ2n) is 3.06. The van der Waals surface area contributed by atoms with Crippen molar-refractivity contribution in [1.29, 1.82) is 0 Å². The van der Waals surface area contributed by atoms with E-state index < -0.39 is 11.6 Å². The molecule has 0 unspecified atom stereocenters. The Balaban J connectivity index is 2.59. The Bertz CT molecular complexity index is 526. The van der Waals surface area contributed by atoms with Gasteiger partial charge in [0, 0.05) is 6.07 Å². The van der Waals surface area contributed by atoms with Crippen LogP contribution in [0.5, 0.6) is 0 Å². The molecule has 1 aromatic heterocycles. The number of halogens is 3. The number of hydrogen-bond acceptors (Lipinski definition) is 2. The average Bonchev–Trinajstić information content (AvgIpc) is 2.64. The molecule has 1 aromatic carbocycles. The third kappa shape index (κ3) is 1.84. The van der Waals surface area contributed by atoms with Crippen LogP contribution >= 0.6 is 11.6 Å². The molecular weight excluding hydrogens is 238 g/mol. The number of carbonyl (C=O) groups excluding carboxylic acids is 1. The number of aldehydes is 1. The van der Waals surface area contributed by atoms with E-state index in [0.29, 0.717) is 12.4 Å². The minimum atomic E-state index is -0.836. The third-order valence-electron chi connectivity index (χ3n) is 2.00. The summed E-state index contributed by atoms with van der Waals surface area (Å²) < 4.78 is 31.2. The lowest BCUT2D eigenvalue weighted by Gasteiger charge is -2.02. The van der Waals surface area contributed by atoms with Gasteiger partial charge in [0.15, 0.2) is 12.0 Å². The molecule has 2 rings (SSSR count).